The molecule has 4 rings (SSSR count). The summed E-state index contributed by atoms with van der Waals surface area (Å²) in [4.78, 5) is 25.2. The van der Waals surface area contributed by atoms with Gasteiger partial charge in [-0.15, -0.1) is 11.8 Å². The van der Waals surface area contributed by atoms with Gasteiger partial charge in [-0.2, -0.15) is 0 Å². The van der Waals surface area contributed by atoms with Crippen molar-refractivity contribution in [3.63, 3.8) is 0 Å². The maximum Gasteiger partial charge on any atom is 0.242 e. The smallest absolute Gasteiger partial charge is 0.242 e. The van der Waals surface area contributed by atoms with Crippen LogP contribution in [0.15, 0.2) is 48.5 Å². The highest BCUT2D eigenvalue weighted by atomic mass is 32.2. The second-order valence-electron chi connectivity index (χ2n) is 5.67. The van der Waals surface area contributed by atoms with Gasteiger partial charge in [-0.25, -0.2) is 0 Å². The van der Waals surface area contributed by atoms with E-state index in [1.807, 2.05) is 24.3 Å². The van der Waals surface area contributed by atoms with Gasteiger partial charge < -0.3 is 0 Å². The quantitative estimate of drug-likeness (QED) is 0.799. The first-order valence-corrected chi connectivity index (χ1v) is 8.25. The van der Waals surface area contributed by atoms with Crippen LogP contribution in [0.2, 0.25) is 0 Å². The van der Waals surface area contributed by atoms with Crippen LogP contribution in [-0.2, 0) is 9.59 Å². The molecule has 2 amide bonds. The Hall–Kier alpha value is -2.07. The van der Waals surface area contributed by atoms with Crippen LogP contribution >= 0.6 is 11.8 Å². The minimum atomic E-state index is -0.276. The van der Waals surface area contributed by atoms with E-state index in [1.165, 1.54) is 27.2 Å². The maximum absolute atomic E-state index is 12.2. The second-order valence-corrected chi connectivity index (χ2v) is 6.99. The molecule has 0 saturated carbocycles. The van der Waals surface area contributed by atoms with Crippen molar-refractivity contribution in [2.75, 3.05) is 7.05 Å². The molecule has 0 spiro atoms. The number of benzene rings is 2. The second kappa shape index (κ2) is 4.99. The summed E-state index contributed by atoms with van der Waals surface area (Å²) in [6.45, 7) is 0. The summed E-state index contributed by atoms with van der Waals surface area (Å²) in [7, 11) is 1.57. The van der Waals surface area contributed by atoms with E-state index in [0.29, 0.717) is 6.42 Å². The molecule has 22 heavy (non-hydrogen) atoms. The summed E-state index contributed by atoms with van der Waals surface area (Å²) < 4.78 is 0. The number of carbonyl (C=O) groups is 2. The summed E-state index contributed by atoms with van der Waals surface area (Å²) in [5.74, 6) is -0.154. The Bertz CT molecular complexity index is 741. The standard InChI is InChI=1S/C18H15NO2S/c1-19-16(20)10-15(18(19)21)22-17-13-8-4-2-6-11(13)12-7-3-5-9-14(12)17/h2-9,15,17H,10H2,1H3. The molecule has 1 aliphatic carbocycles. The molecule has 2 aromatic rings. The number of imide groups is 1. The highest BCUT2D eigenvalue weighted by Crippen LogP contribution is 2.52. The topological polar surface area (TPSA) is 37.4 Å². The van der Waals surface area contributed by atoms with E-state index in [2.05, 4.69) is 24.3 Å². The molecule has 1 heterocycles. The molecule has 0 aromatic heterocycles. The Morgan fingerprint density at radius 2 is 1.50 bits per heavy atom. The fraction of sp³-hybridized carbons (Fsp3) is 0.222. The zero-order valence-corrected chi connectivity index (χ0v) is 13.0. The van der Waals surface area contributed by atoms with E-state index in [0.717, 1.165) is 0 Å². The van der Waals surface area contributed by atoms with Gasteiger partial charge in [0.05, 0.1) is 10.5 Å². The molecule has 110 valence electrons. The molecular formula is C18H15NO2S. The predicted molar refractivity (Wildman–Crippen MR) is 87.5 cm³/mol. The van der Waals surface area contributed by atoms with E-state index in [1.54, 1.807) is 18.8 Å². The van der Waals surface area contributed by atoms with Gasteiger partial charge in [0, 0.05) is 13.5 Å². The van der Waals surface area contributed by atoms with Crippen molar-refractivity contribution in [2.45, 2.75) is 16.9 Å². The molecule has 3 nitrogen and oxygen atoms in total. The average Bonchev–Trinajstić information content (AvgIpc) is 2.99. The number of hydrogen-bond acceptors (Lipinski definition) is 3. The van der Waals surface area contributed by atoms with Crippen LogP contribution in [-0.4, -0.2) is 29.0 Å². The first-order valence-electron chi connectivity index (χ1n) is 7.31. The number of rotatable bonds is 2. The number of amides is 2. The van der Waals surface area contributed by atoms with E-state index in [4.69, 9.17) is 0 Å². The number of likely N-dealkylation sites (tertiary alicyclic amines) is 1. The molecule has 1 atom stereocenters. The zero-order valence-electron chi connectivity index (χ0n) is 12.2. The lowest BCUT2D eigenvalue weighted by Gasteiger charge is -2.16. The normalized spacial score (nSPS) is 20.4. The Balaban J connectivity index is 1.73. The molecule has 0 N–H and O–H groups in total. The fourth-order valence-corrected chi connectivity index (χ4v) is 4.79. The maximum atomic E-state index is 12.2. The Morgan fingerprint density at radius 3 is 2.00 bits per heavy atom. The van der Waals surface area contributed by atoms with E-state index < -0.39 is 0 Å². The van der Waals surface area contributed by atoms with Crippen LogP contribution in [0.5, 0.6) is 0 Å². The van der Waals surface area contributed by atoms with Gasteiger partial charge in [-0.3, -0.25) is 14.5 Å². The van der Waals surface area contributed by atoms with Gasteiger partial charge in [-0.05, 0) is 22.3 Å². The van der Waals surface area contributed by atoms with Crippen LogP contribution in [0.25, 0.3) is 11.1 Å². The Kier molecular flexibility index (Phi) is 3.08. The minimum absolute atomic E-state index is 0.0723. The predicted octanol–water partition coefficient (Wildman–Crippen LogP) is 3.25. The minimum Gasteiger partial charge on any atom is -0.285 e. The Morgan fingerprint density at radius 1 is 0.955 bits per heavy atom. The van der Waals surface area contributed by atoms with Crippen molar-refractivity contribution in [2.24, 2.45) is 0 Å². The monoisotopic (exact) mass is 309 g/mol. The molecule has 1 unspecified atom stereocenters. The lowest BCUT2D eigenvalue weighted by atomic mass is 10.1. The van der Waals surface area contributed by atoms with Crippen LogP contribution in [0, 0.1) is 0 Å². The molecule has 0 bridgehead atoms. The van der Waals surface area contributed by atoms with Crippen molar-refractivity contribution < 1.29 is 9.59 Å². The van der Waals surface area contributed by atoms with Crippen LogP contribution in [0.3, 0.4) is 0 Å². The summed E-state index contributed by atoms with van der Waals surface area (Å²) >= 11 is 1.60. The van der Waals surface area contributed by atoms with E-state index >= 15 is 0 Å². The van der Waals surface area contributed by atoms with Crippen molar-refractivity contribution in [1.29, 1.82) is 0 Å². The van der Waals surface area contributed by atoms with Gasteiger partial charge in [-0.1, -0.05) is 48.5 Å². The number of hydrogen-bond donors (Lipinski definition) is 0. The number of thioether (sulfide) groups is 1. The van der Waals surface area contributed by atoms with Gasteiger partial charge in [0.2, 0.25) is 11.8 Å². The lowest BCUT2D eigenvalue weighted by Crippen LogP contribution is -2.26. The molecule has 0 radical (unpaired) electrons. The average molecular weight is 309 g/mol. The van der Waals surface area contributed by atoms with Crippen molar-refractivity contribution in [1.82, 2.24) is 4.90 Å². The van der Waals surface area contributed by atoms with Gasteiger partial charge >= 0.3 is 0 Å². The third kappa shape index (κ3) is 1.91. The molecule has 2 aliphatic rings. The largest absolute Gasteiger partial charge is 0.285 e. The van der Waals surface area contributed by atoms with Crippen LogP contribution < -0.4 is 0 Å². The third-order valence-electron chi connectivity index (χ3n) is 4.42. The summed E-state index contributed by atoms with van der Waals surface area (Å²) in [5, 5.41) is -0.151. The zero-order chi connectivity index (χ0) is 15.3. The molecular weight excluding hydrogens is 294 g/mol. The van der Waals surface area contributed by atoms with Crippen molar-refractivity contribution in [3.8, 4) is 11.1 Å². The summed E-state index contributed by atoms with van der Waals surface area (Å²) in [6.07, 6.45) is 0.306. The third-order valence-corrected chi connectivity index (χ3v) is 5.89. The van der Waals surface area contributed by atoms with Crippen LogP contribution in [0.1, 0.15) is 22.8 Å². The van der Waals surface area contributed by atoms with Gasteiger partial charge in [0.25, 0.3) is 0 Å². The fourth-order valence-electron chi connectivity index (χ4n) is 3.25. The lowest BCUT2D eigenvalue weighted by molar-refractivity contribution is -0.136. The molecule has 1 aliphatic heterocycles. The highest BCUT2D eigenvalue weighted by molar-refractivity contribution is 8.01. The van der Waals surface area contributed by atoms with Gasteiger partial charge in [0.1, 0.15) is 0 Å². The van der Waals surface area contributed by atoms with Crippen LogP contribution in [0.4, 0.5) is 0 Å². The SMILES string of the molecule is CN1C(=O)CC(SC2c3ccccc3-c3ccccc32)C1=O. The first kappa shape index (κ1) is 13.6. The summed E-state index contributed by atoms with van der Waals surface area (Å²) in [6, 6.07) is 16.7. The van der Waals surface area contributed by atoms with Crippen molar-refractivity contribution >= 4 is 23.6 Å². The van der Waals surface area contributed by atoms with E-state index in [-0.39, 0.29) is 22.3 Å². The van der Waals surface area contributed by atoms with Gasteiger partial charge in [0.15, 0.2) is 0 Å². The number of nitrogens with zero attached hydrogens (tertiary/aromatic N) is 1. The Labute approximate surface area is 133 Å². The number of fused-ring (bicyclic) bond motifs is 3. The number of carbonyl (C=O) groups excluding carboxylic acids is 2. The molecule has 4 heteroatoms. The van der Waals surface area contributed by atoms with E-state index in [9.17, 15) is 9.59 Å². The van der Waals surface area contributed by atoms with Crippen molar-refractivity contribution in [3.05, 3.63) is 59.7 Å². The molecule has 1 fully saturated rings. The highest BCUT2D eigenvalue weighted by Gasteiger charge is 2.40. The first-order chi connectivity index (χ1) is 10.7. The summed E-state index contributed by atoms with van der Waals surface area (Å²) in [5.41, 5.74) is 4.95. The molecule has 2 aromatic carbocycles. The molecule has 1 saturated heterocycles.